The van der Waals surface area contributed by atoms with Gasteiger partial charge in [0.1, 0.15) is 5.75 Å². The number of hydrogen-bond acceptors (Lipinski definition) is 4. The Bertz CT molecular complexity index is 977. The second kappa shape index (κ2) is 9.15. The number of nitrogens with one attached hydrogen (secondary N) is 1. The van der Waals surface area contributed by atoms with Crippen LogP contribution in [-0.2, 0) is 10.0 Å². The highest BCUT2D eigenvalue weighted by Gasteiger charge is 2.27. The Morgan fingerprint density at radius 1 is 1.24 bits per heavy atom. The number of carbonyl (C=O) groups is 1. The molecule has 8 heteroatoms. The molecule has 29 heavy (non-hydrogen) atoms. The van der Waals surface area contributed by atoms with Crippen LogP contribution in [0, 0.1) is 12.8 Å². The summed E-state index contributed by atoms with van der Waals surface area (Å²) in [5.74, 6) is 0.348. The Morgan fingerprint density at radius 2 is 1.97 bits per heavy atom. The van der Waals surface area contributed by atoms with Crippen LogP contribution < -0.4 is 9.46 Å². The summed E-state index contributed by atoms with van der Waals surface area (Å²) in [5, 5.41) is 0.500. The Kier molecular flexibility index (Phi) is 6.82. The zero-order valence-electron chi connectivity index (χ0n) is 16.5. The number of halogens is 1. The van der Waals surface area contributed by atoms with Crippen LogP contribution in [0.4, 0.5) is 0 Å². The maximum atomic E-state index is 13.0. The maximum Gasteiger partial charge on any atom is 0.257 e. The van der Waals surface area contributed by atoms with Gasteiger partial charge >= 0.3 is 0 Å². The average molecular weight is 437 g/mol. The Hall–Kier alpha value is -2.09. The number of likely N-dealkylation sites (tertiary alicyclic amines) is 1. The van der Waals surface area contributed by atoms with E-state index >= 15 is 0 Å². The molecule has 1 amide bonds. The lowest BCUT2D eigenvalue weighted by molar-refractivity contribution is 0.0673. The van der Waals surface area contributed by atoms with E-state index in [-0.39, 0.29) is 23.3 Å². The molecule has 0 saturated carbocycles. The first-order valence-electron chi connectivity index (χ1n) is 9.49. The van der Waals surface area contributed by atoms with Crippen molar-refractivity contribution in [1.82, 2.24) is 9.62 Å². The van der Waals surface area contributed by atoms with Gasteiger partial charge in [-0.2, -0.15) is 0 Å². The second-order valence-electron chi connectivity index (χ2n) is 7.27. The van der Waals surface area contributed by atoms with Gasteiger partial charge in [0.05, 0.1) is 17.6 Å². The Morgan fingerprint density at radius 3 is 2.66 bits per heavy atom. The van der Waals surface area contributed by atoms with Crippen molar-refractivity contribution in [3.05, 3.63) is 58.6 Å². The molecule has 0 spiro atoms. The molecule has 1 aliphatic rings. The van der Waals surface area contributed by atoms with Crippen LogP contribution in [0.25, 0.3) is 0 Å². The summed E-state index contributed by atoms with van der Waals surface area (Å²) in [5.41, 5.74) is 1.46. The van der Waals surface area contributed by atoms with Crippen LogP contribution in [0.3, 0.4) is 0 Å². The fourth-order valence-corrected chi connectivity index (χ4v) is 4.73. The van der Waals surface area contributed by atoms with Crippen LogP contribution in [0.5, 0.6) is 5.75 Å². The average Bonchev–Trinajstić information content (AvgIpc) is 2.72. The minimum absolute atomic E-state index is 0.0474. The maximum absolute atomic E-state index is 13.0. The highest BCUT2D eigenvalue weighted by atomic mass is 35.5. The molecule has 3 rings (SSSR count). The molecule has 1 atom stereocenters. The first kappa shape index (κ1) is 21.6. The molecular weight excluding hydrogens is 412 g/mol. The molecule has 2 aromatic rings. The van der Waals surface area contributed by atoms with Gasteiger partial charge in [-0.05, 0) is 56.0 Å². The normalized spacial score (nSPS) is 17.2. The largest absolute Gasteiger partial charge is 0.496 e. The van der Waals surface area contributed by atoms with Gasteiger partial charge in [-0.1, -0.05) is 29.3 Å². The molecule has 0 unspecified atom stereocenters. The van der Waals surface area contributed by atoms with Crippen molar-refractivity contribution < 1.29 is 17.9 Å². The van der Waals surface area contributed by atoms with Crippen LogP contribution in [0.1, 0.15) is 28.8 Å². The van der Waals surface area contributed by atoms with Crippen molar-refractivity contribution in [2.75, 3.05) is 26.7 Å². The van der Waals surface area contributed by atoms with Crippen molar-refractivity contribution in [2.45, 2.75) is 24.7 Å². The molecule has 0 aliphatic carbocycles. The summed E-state index contributed by atoms with van der Waals surface area (Å²) in [4.78, 5) is 15.0. The topological polar surface area (TPSA) is 75.7 Å². The molecule has 1 fully saturated rings. The number of carbonyl (C=O) groups excluding carboxylic acids is 1. The highest BCUT2D eigenvalue weighted by Crippen LogP contribution is 2.26. The van der Waals surface area contributed by atoms with Crippen molar-refractivity contribution in [1.29, 1.82) is 0 Å². The van der Waals surface area contributed by atoms with Gasteiger partial charge in [0.25, 0.3) is 5.91 Å². The molecule has 0 aromatic heterocycles. The van der Waals surface area contributed by atoms with E-state index in [1.54, 1.807) is 47.4 Å². The van der Waals surface area contributed by atoms with Crippen molar-refractivity contribution in [3.63, 3.8) is 0 Å². The van der Waals surface area contributed by atoms with E-state index in [1.165, 1.54) is 7.11 Å². The third-order valence-electron chi connectivity index (χ3n) is 5.09. The zero-order valence-corrected chi connectivity index (χ0v) is 18.1. The van der Waals surface area contributed by atoms with E-state index in [2.05, 4.69) is 4.72 Å². The third kappa shape index (κ3) is 5.29. The van der Waals surface area contributed by atoms with Gasteiger partial charge in [-0.25, -0.2) is 13.1 Å². The van der Waals surface area contributed by atoms with Crippen LogP contribution in [0.2, 0.25) is 5.02 Å². The molecule has 1 saturated heterocycles. The van der Waals surface area contributed by atoms with E-state index in [9.17, 15) is 13.2 Å². The van der Waals surface area contributed by atoms with Crippen LogP contribution in [-0.4, -0.2) is 46.0 Å². The van der Waals surface area contributed by atoms with Crippen LogP contribution in [0.15, 0.2) is 47.4 Å². The fourth-order valence-electron chi connectivity index (χ4n) is 3.46. The third-order valence-corrected chi connectivity index (χ3v) is 6.77. The molecule has 156 valence electrons. The number of nitrogens with zero attached hydrogens (tertiary/aromatic N) is 1. The van der Waals surface area contributed by atoms with Crippen molar-refractivity contribution in [3.8, 4) is 5.75 Å². The number of piperidine rings is 1. The number of benzene rings is 2. The quantitative estimate of drug-likeness (QED) is 0.752. The molecule has 6 nitrogen and oxygen atoms in total. The van der Waals surface area contributed by atoms with E-state index in [1.807, 2.05) is 6.92 Å². The molecule has 0 radical (unpaired) electrons. The summed E-state index contributed by atoms with van der Waals surface area (Å²) >= 11 is 5.98. The summed E-state index contributed by atoms with van der Waals surface area (Å²) in [6.45, 7) is 3.32. The number of hydrogen-bond donors (Lipinski definition) is 1. The second-order valence-corrected chi connectivity index (χ2v) is 9.47. The highest BCUT2D eigenvalue weighted by molar-refractivity contribution is 7.89. The SMILES string of the molecule is COc1cc(Cl)ccc1C(=O)N1CCC[C@@H](CNS(=O)(=O)c2ccc(C)cc2)C1. The monoisotopic (exact) mass is 436 g/mol. The van der Waals surface area contributed by atoms with Crippen molar-refractivity contribution >= 4 is 27.5 Å². The van der Waals surface area contributed by atoms with E-state index in [0.717, 1.165) is 18.4 Å². The lowest BCUT2D eigenvalue weighted by atomic mass is 9.97. The first-order valence-corrected chi connectivity index (χ1v) is 11.4. The van der Waals surface area contributed by atoms with E-state index in [4.69, 9.17) is 16.3 Å². The molecule has 1 heterocycles. The van der Waals surface area contributed by atoms with E-state index < -0.39 is 10.0 Å². The standard InChI is InChI=1S/C21H25ClN2O4S/c1-15-5-8-18(9-6-15)29(26,27)23-13-16-4-3-11-24(14-16)21(25)19-10-7-17(22)12-20(19)28-2/h5-10,12,16,23H,3-4,11,13-14H2,1-2H3/t16-/m0/s1. The molecule has 1 aliphatic heterocycles. The van der Waals surface area contributed by atoms with Gasteiger partial charge in [-0.15, -0.1) is 0 Å². The van der Waals surface area contributed by atoms with Gasteiger partial charge < -0.3 is 9.64 Å². The predicted molar refractivity (Wildman–Crippen MR) is 113 cm³/mol. The van der Waals surface area contributed by atoms with Gasteiger partial charge in [0, 0.05) is 24.7 Å². The summed E-state index contributed by atoms with van der Waals surface area (Å²) in [6.07, 6.45) is 1.68. The smallest absolute Gasteiger partial charge is 0.257 e. The zero-order chi connectivity index (χ0) is 21.0. The minimum Gasteiger partial charge on any atom is -0.496 e. The molecule has 2 aromatic carbocycles. The Balaban J connectivity index is 1.65. The first-order chi connectivity index (χ1) is 13.8. The number of rotatable bonds is 6. The molecule has 0 bridgehead atoms. The summed E-state index contributed by atoms with van der Waals surface area (Å²) in [6, 6.07) is 11.7. The number of amides is 1. The van der Waals surface area contributed by atoms with Gasteiger partial charge in [0.15, 0.2) is 0 Å². The number of sulfonamides is 1. The van der Waals surface area contributed by atoms with Crippen LogP contribution >= 0.6 is 11.6 Å². The molecule has 1 N–H and O–H groups in total. The van der Waals surface area contributed by atoms with Crippen molar-refractivity contribution in [2.24, 2.45) is 5.92 Å². The minimum atomic E-state index is -3.57. The number of ether oxygens (including phenoxy) is 1. The van der Waals surface area contributed by atoms with Gasteiger partial charge in [0.2, 0.25) is 10.0 Å². The summed E-state index contributed by atoms with van der Waals surface area (Å²) < 4.78 is 33.0. The van der Waals surface area contributed by atoms with E-state index in [0.29, 0.717) is 29.4 Å². The lowest BCUT2D eigenvalue weighted by Gasteiger charge is -2.33. The predicted octanol–water partition coefficient (Wildman–Crippen LogP) is 3.49. The Labute approximate surface area is 176 Å². The summed E-state index contributed by atoms with van der Waals surface area (Å²) in [7, 11) is -2.07. The number of methoxy groups -OCH3 is 1. The number of aryl methyl sites for hydroxylation is 1. The van der Waals surface area contributed by atoms with Gasteiger partial charge in [-0.3, -0.25) is 4.79 Å². The fraction of sp³-hybridized carbons (Fsp3) is 0.381. The molecular formula is C21H25ClN2O4S. The lowest BCUT2D eigenvalue weighted by Crippen LogP contribution is -2.43.